The summed E-state index contributed by atoms with van der Waals surface area (Å²) in [7, 11) is 3.62. The molecule has 0 spiro atoms. The summed E-state index contributed by atoms with van der Waals surface area (Å²) in [5, 5.41) is 3.02. The highest BCUT2D eigenvalue weighted by molar-refractivity contribution is 5.87. The van der Waals surface area contributed by atoms with Crippen LogP contribution in [0.1, 0.15) is 12.8 Å². The van der Waals surface area contributed by atoms with Crippen molar-refractivity contribution in [1.29, 1.82) is 0 Å². The van der Waals surface area contributed by atoms with Crippen LogP contribution in [0.25, 0.3) is 0 Å². The van der Waals surface area contributed by atoms with Crippen LogP contribution in [0.4, 0.5) is 0 Å². The van der Waals surface area contributed by atoms with Crippen molar-refractivity contribution in [2.75, 3.05) is 40.3 Å². The van der Waals surface area contributed by atoms with Gasteiger partial charge in [-0.1, -0.05) is 0 Å². The topological polar surface area (TPSA) is 52.7 Å². The van der Waals surface area contributed by atoms with Crippen LogP contribution < -0.4 is 5.32 Å². The summed E-state index contributed by atoms with van der Waals surface area (Å²) in [6.45, 7) is 2.31. The molecule has 0 unspecified atom stereocenters. The van der Waals surface area contributed by atoms with Gasteiger partial charge in [0.15, 0.2) is 0 Å². The summed E-state index contributed by atoms with van der Waals surface area (Å²) in [6.07, 6.45) is 1.33. The van der Waals surface area contributed by atoms with E-state index in [1.165, 1.54) is 0 Å². The molecule has 0 aromatic heterocycles. The summed E-state index contributed by atoms with van der Waals surface area (Å²) >= 11 is 0. The third-order valence-electron chi connectivity index (χ3n) is 2.62. The maximum atomic E-state index is 11.6. The second-order valence-electron chi connectivity index (χ2n) is 3.84. The molecule has 1 aliphatic heterocycles. The largest absolute Gasteiger partial charge is 0.344 e. The Labute approximate surface area is 90.4 Å². The second kappa shape index (κ2) is 5.70. The number of nitrogens with zero attached hydrogens (tertiary/aromatic N) is 2. The Morgan fingerprint density at radius 3 is 2.73 bits per heavy atom. The average molecular weight is 213 g/mol. The van der Waals surface area contributed by atoms with Gasteiger partial charge < -0.3 is 15.1 Å². The maximum Gasteiger partial charge on any atom is 0.241 e. The zero-order chi connectivity index (χ0) is 11.3. The number of nitrogens with one attached hydrogen (secondary N) is 1. The van der Waals surface area contributed by atoms with Crippen LogP contribution in [0.3, 0.4) is 0 Å². The molecule has 1 rings (SSSR count). The zero-order valence-corrected chi connectivity index (χ0v) is 9.45. The van der Waals surface area contributed by atoms with Gasteiger partial charge in [0.1, 0.15) is 0 Å². The highest BCUT2D eigenvalue weighted by atomic mass is 16.2. The summed E-state index contributed by atoms with van der Waals surface area (Å²) in [4.78, 5) is 26.4. The molecule has 0 bridgehead atoms. The van der Waals surface area contributed by atoms with Crippen LogP contribution in [0.15, 0.2) is 0 Å². The Morgan fingerprint density at radius 1 is 1.33 bits per heavy atom. The van der Waals surface area contributed by atoms with Gasteiger partial charge in [-0.2, -0.15) is 0 Å². The molecule has 86 valence electrons. The van der Waals surface area contributed by atoms with Crippen LogP contribution >= 0.6 is 0 Å². The lowest BCUT2D eigenvalue weighted by atomic mass is 10.3. The first-order chi connectivity index (χ1) is 7.15. The van der Waals surface area contributed by atoms with Gasteiger partial charge in [0.2, 0.25) is 11.8 Å². The van der Waals surface area contributed by atoms with Crippen LogP contribution in [0.5, 0.6) is 0 Å². The fraction of sp³-hybridized carbons (Fsp3) is 0.800. The molecule has 1 heterocycles. The predicted octanol–water partition coefficient (Wildman–Crippen LogP) is -0.713. The number of likely N-dealkylation sites (N-methyl/N-ethyl adjacent to an activating group) is 1. The van der Waals surface area contributed by atoms with Crippen molar-refractivity contribution in [2.24, 2.45) is 0 Å². The minimum Gasteiger partial charge on any atom is -0.344 e. The Kier molecular flexibility index (Phi) is 4.55. The molecule has 0 radical (unpaired) electrons. The second-order valence-corrected chi connectivity index (χ2v) is 3.84. The Morgan fingerprint density at radius 2 is 2.07 bits per heavy atom. The van der Waals surface area contributed by atoms with Crippen molar-refractivity contribution in [3.05, 3.63) is 0 Å². The quantitative estimate of drug-likeness (QED) is 0.627. The molecule has 1 saturated heterocycles. The van der Waals surface area contributed by atoms with Crippen molar-refractivity contribution in [3.8, 4) is 0 Å². The molecule has 2 amide bonds. The predicted molar refractivity (Wildman–Crippen MR) is 57.4 cm³/mol. The molecular formula is C10H19N3O2. The van der Waals surface area contributed by atoms with Crippen molar-refractivity contribution in [3.63, 3.8) is 0 Å². The van der Waals surface area contributed by atoms with Gasteiger partial charge in [0.05, 0.1) is 6.54 Å². The van der Waals surface area contributed by atoms with Gasteiger partial charge in [-0.3, -0.25) is 9.59 Å². The molecular weight excluding hydrogens is 194 g/mol. The molecule has 1 aliphatic rings. The van der Waals surface area contributed by atoms with Gasteiger partial charge in [-0.15, -0.1) is 0 Å². The first-order valence-corrected chi connectivity index (χ1v) is 5.31. The number of carbonyl (C=O) groups excluding carboxylic acids is 2. The molecule has 1 N–H and O–H groups in total. The molecule has 1 fully saturated rings. The third kappa shape index (κ3) is 3.51. The van der Waals surface area contributed by atoms with Gasteiger partial charge in [-0.25, -0.2) is 0 Å². The van der Waals surface area contributed by atoms with E-state index in [0.29, 0.717) is 19.5 Å². The van der Waals surface area contributed by atoms with E-state index in [9.17, 15) is 9.59 Å². The summed E-state index contributed by atoms with van der Waals surface area (Å²) in [5.41, 5.74) is 0. The van der Waals surface area contributed by atoms with E-state index in [1.54, 1.807) is 16.8 Å². The van der Waals surface area contributed by atoms with E-state index < -0.39 is 0 Å². The highest BCUT2D eigenvalue weighted by Gasteiger charge is 2.23. The van der Waals surface area contributed by atoms with E-state index in [0.717, 1.165) is 13.0 Å². The summed E-state index contributed by atoms with van der Waals surface area (Å²) in [6, 6.07) is 0. The van der Waals surface area contributed by atoms with E-state index in [-0.39, 0.29) is 18.4 Å². The first kappa shape index (κ1) is 12.0. The number of amides is 2. The fourth-order valence-corrected chi connectivity index (χ4v) is 1.57. The molecule has 0 aromatic rings. The van der Waals surface area contributed by atoms with Gasteiger partial charge in [0, 0.05) is 26.6 Å². The number of hydrogen-bond donors (Lipinski definition) is 1. The Bertz CT molecular complexity index is 243. The van der Waals surface area contributed by atoms with Crippen molar-refractivity contribution in [2.45, 2.75) is 12.8 Å². The van der Waals surface area contributed by atoms with Crippen molar-refractivity contribution >= 4 is 11.8 Å². The molecule has 0 aromatic carbocycles. The van der Waals surface area contributed by atoms with E-state index >= 15 is 0 Å². The van der Waals surface area contributed by atoms with E-state index in [1.807, 2.05) is 7.05 Å². The van der Waals surface area contributed by atoms with Crippen LogP contribution in [-0.2, 0) is 9.59 Å². The van der Waals surface area contributed by atoms with E-state index in [4.69, 9.17) is 0 Å². The molecule has 0 aliphatic carbocycles. The monoisotopic (exact) mass is 213 g/mol. The van der Waals surface area contributed by atoms with Crippen molar-refractivity contribution < 1.29 is 9.59 Å². The number of rotatable bonds is 4. The Hall–Kier alpha value is -1.10. The molecule has 15 heavy (non-hydrogen) atoms. The zero-order valence-electron chi connectivity index (χ0n) is 9.45. The molecule has 5 nitrogen and oxygen atoms in total. The normalized spacial score (nSPS) is 18.3. The van der Waals surface area contributed by atoms with Gasteiger partial charge >= 0.3 is 0 Å². The van der Waals surface area contributed by atoms with E-state index in [2.05, 4.69) is 5.32 Å². The Balaban J connectivity index is 2.46. The highest BCUT2D eigenvalue weighted by Crippen LogP contribution is 2.04. The van der Waals surface area contributed by atoms with Gasteiger partial charge in [-0.05, 0) is 20.0 Å². The molecule has 0 saturated carbocycles. The maximum absolute atomic E-state index is 11.6. The fourth-order valence-electron chi connectivity index (χ4n) is 1.57. The minimum absolute atomic E-state index is 0.0327. The average Bonchev–Trinajstić information content (AvgIpc) is 2.33. The smallest absolute Gasteiger partial charge is 0.241 e. The summed E-state index contributed by atoms with van der Waals surface area (Å²) < 4.78 is 0. The lowest BCUT2D eigenvalue weighted by molar-refractivity contribution is -0.135. The SMILES string of the molecule is CNCCCN1CC(=O)N(C)CCC1=O. The molecule has 0 atom stereocenters. The van der Waals surface area contributed by atoms with Gasteiger partial charge in [0.25, 0.3) is 0 Å². The number of carbonyl (C=O) groups is 2. The lowest BCUT2D eigenvalue weighted by Crippen LogP contribution is -2.37. The summed E-state index contributed by atoms with van der Waals surface area (Å²) in [5.74, 6) is 0.120. The lowest BCUT2D eigenvalue weighted by Gasteiger charge is -2.19. The van der Waals surface area contributed by atoms with Crippen LogP contribution in [0, 0.1) is 0 Å². The minimum atomic E-state index is 0.0327. The first-order valence-electron chi connectivity index (χ1n) is 5.31. The van der Waals surface area contributed by atoms with Crippen molar-refractivity contribution in [1.82, 2.24) is 15.1 Å². The number of hydrogen-bond acceptors (Lipinski definition) is 3. The van der Waals surface area contributed by atoms with Crippen LogP contribution in [-0.4, -0.2) is 61.9 Å². The van der Waals surface area contributed by atoms with Crippen LogP contribution in [0.2, 0.25) is 0 Å². The standard InChI is InChI=1S/C10H19N3O2/c1-11-5-3-6-13-8-10(15)12(2)7-4-9(13)14/h11H,3-8H2,1-2H3. The molecule has 5 heteroatoms. The third-order valence-corrected chi connectivity index (χ3v) is 2.62.